The van der Waals surface area contributed by atoms with Crippen LogP contribution in [0.3, 0.4) is 0 Å². The van der Waals surface area contributed by atoms with E-state index in [0.717, 1.165) is 36.6 Å². The largest absolute Gasteiger partial charge is 0.489 e. The minimum absolute atomic E-state index is 0.0753. The van der Waals surface area contributed by atoms with Crippen molar-refractivity contribution in [2.75, 3.05) is 24.5 Å². The number of carboxylic acid groups (broad SMARTS) is 1. The van der Waals surface area contributed by atoms with Crippen molar-refractivity contribution in [3.8, 4) is 5.75 Å². The quantitative estimate of drug-likeness (QED) is 0.696. The maximum Gasteiger partial charge on any atom is 0.305 e. The molecule has 5 nitrogen and oxygen atoms in total. The molecular weight excluding hydrogens is 280 g/mol. The Labute approximate surface area is 133 Å². The zero-order valence-corrected chi connectivity index (χ0v) is 14.1. The third-order valence-corrected chi connectivity index (χ3v) is 3.28. The molecule has 0 aliphatic rings. The number of anilines is 1. The standard InChI is InChI=1S/C17H28N2O3/c1-5-18-12-14-7-8-15(16(11-14)22-13(3)4)19(6-2)10-9-17(20)21/h7-8,11,13,18H,5-6,9-10,12H2,1-4H3,(H,20,21). The van der Waals surface area contributed by atoms with E-state index in [2.05, 4.69) is 18.3 Å². The molecule has 1 rings (SSSR count). The van der Waals surface area contributed by atoms with Crippen molar-refractivity contribution in [1.82, 2.24) is 5.32 Å². The van der Waals surface area contributed by atoms with Gasteiger partial charge in [0.2, 0.25) is 0 Å². The molecule has 5 heteroatoms. The summed E-state index contributed by atoms with van der Waals surface area (Å²) in [4.78, 5) is 12.9. The predicted octanol–water partition coefficient (Wildman–Crippen LogP) is 2.88. The Kier molecular flexibility index (Phi) is 7.74. The van der Waals surface area contributed by atoms with Gasteiger partial charge in [-0.15, -0.1) is 0 Å². The lowest BCUT2D eigenvalue weighted by Crippen LogP contribution is -2.27. The van der Waals surface area contributed by atoms with Crippen molar-refractivity contribution in [3.05, 3.63) is 23.8 Å². The lowest BCUT2D eigenvalue weighted by molar-refractivity contribution is -0.136. The molecule has 0 heterocycles. The minimum Gasteiger partial charge on any atom is -0.489 e. The molecule has 0 aliphatic carbocycles. The van der Waals surface area contributed by atoms with Crippen molar-refractivity contribution >= 4 is 11.7 Å². The molecule has 0 unspecified atom stereocenters. The van der Waals surface area contributed by atoms with Crippen LogP contribution >= 0.6 is 0 Å². The SMILES string of the molecule is CCNCc1ccc(N(CC)CCC(=O)O)c(OC(C)C)c1. The molecule has 0 aromatic heterocycles. The molecule has 124 valence electrons. The Morgan fingerprint density at radius 3 is 2.64 bits per heavy atom. The fourth-order valence-corrected chi connectivity index (χ4v) is 2.23. The Morgan fingerprint density at radius 1 is 1.36 bits per heavy atom. The van der Waals surface area contributed by atoms with Crippen LogP contribution in [0, 0.1) is 0 Å². The maximum atomic E-state index is 10.8. The molecule has 0 amide bonds. The molecule has 0 bridgehead atoms. The topological polar surface area (TPSA) is 61.8 Å². The molecule has 1 aromatic carbocycles. The highest BCUT2D eigenvalue weighted by Crippen LogP contribution is 2.30. The minimum atomic E-state index is -0.784. The highest BCUT2D eigenvalue weighted by molar-refractivity contribution is 5.68. The molecule has 0 fully saturated rings. The number of ether oxygens (including phenoxy) is 1. The van der Waals surface area contributed by atoms with Crippen LogP contribution in [0.4, 0.5) is 5.69 Å². The number of hydrogen-bond donors (Lipinski definition) is 2. The van der Waals surface area contributed by atoms with Gasteiger partial charge in [-0.2, -0.15) is 0 Å². The van der Waals surface area contributed by atoms with Crippen LogP contribution in [-0.2, 0) is 11.3 Å². The van der Waals surface area contributed by atoms with Crippen molar-refractivity contribution < 1.29 is 14.6 Å². The van der Waals surface area contributed by atoms with Gasteiger partial charge in [-0.1, -0.05) is 13.0 Å². The summed E-state index contributed by atoms with van der Waals surface area (Å²) in [5, 5.41) is 12.2. The number of rotatable bonds is 10. The van der Waals surface area contributed by atoms with Crippen molar-refractivity contribution in [1.29, 1.82) is 0 Å². The first-order chi connectivity index (χ1) is 10.5. The van der Waals surface area contributed by atoms with E-state index in [-0.39, 0.29) is 12.5 Å². The Balaban J connectivity index is 3.00. The van der Waals surface area contributed by atoms with Crippen LogP contribution in [0.15, 0.2) is 18.2 Å². The van der Waals surface area contributed by atoms with Crippen molar-refractivity contribution in [3.63, 3.8) is 0 Å². The van der Waals surface area contributed by atoms with Crippen LogP contribution in [0.2, 0.25) is 0 Å². The van der Waals surface area contributed by atoms with Gasteiger partial charge in [0.15, 0.2) is 0 Å². The third kappa shape index (κ3) is 5.93. The van der Waals surface area contributed by atoms with Crippen LogP contribution in [-0.4, -0.2) is 36.8 Å². The van der Waals surface area contributed by atoms with Gasteiger partial charge in [0.1, 0.15) is 5.75 Å². The predicted molar refractivity (Wildman–Crippen MR) is 89.7 cm³/mol. The number of benzene rings is 1. The van der Waals surface area contributed by atoms with E-state index in [9.17, 15) is 4.79 Å². The molecule has 0 spiro atoms. The Hall–Kier alpha value is -1.75. The molecule has 0 saturated carbocycles. The summed E-state index contributed by atoms with van der Waals surface area (Å²) in [6.07, 6.45) is 0.194. The highest BCUT2D eigenvalue weighted by atomic mass is 16.5. The fourth-order valence-electron chi connectivity index (χ4n) is 2.23. The van der Waals surface area contributed by atoms with Gasteiger partial charge in [-0.25, -0.2) is 0 Å². The van der Waals surface area contributed by atoms with Crippen LogP contribution in [0.1, 0.15) is 39.7 Å². The fraction of sp³-hybridized carbons (Fsp3) is 0.588. The summed E-state index contributed by atoms with van der Waals surface area (Å²) >= 11 is 0. The van der Waals surface area contributed by atoms with Gasteiger partial charge in [0.25, 0.3) is 0 Å². The Bertz CT molecular complexity index is 475. The second-order valence-electron chi connectivity index (χ2n) is 5.47. The zero-order valence-electron chi connectivity index (χ0n) is 14.1. The van der Waals surface area contributed by atoms with E-state index >= 15 is 0 Å². The zero-order chi connectivity index (χ0) is 16.5. The van der Waals surface area contributed by atoms with E-state index in [4.69, 9.17) is 9.84 Å². The summed E-state index contributed by atoms with van der Waals surface area (Å²) in [5.74, 6) is 0.0335. The van der Waals surface area contributed by atoms with Gasteiger partial charge >= 0.3 is 5.97 Å². The van der Waals surface area contributed by atoms with Gasteiger partial charge < -0.3 is 20.1 Å². The first kappa shape index (κ1) is 18.3. The summed E-state index contributed by atoms with van der Waals surface area (Å²) in [6.45, 7) is 11.0. The summed E-state index contributed by atoms with van der Waals surface area (Å²) in [6, 6.07) is 6.13. The monoisotopic (exact) mass is 308 g/mol. The number of nitrogens with zero attached hydrogens (tertiary/aromatic N) is 1. The average Bonchev–Trinajstić information content (AvgIpc) is 2.46. The van der Waals surface area contributed by atoms with Crippen LogP contribution in [0.25, 0.3) is 0 Å². The number of carbonyl (C=O) groups is 1. The van der Waals surface area contributed by atoms with Gasteiger partial charge in [-0.05, 0) is 45.0 Å². The lowest BCUT2D eigenvalue weighted by Gasteiger charge is -2.26. The summed E-state index contributed by atoms with van der Waals surface area (Å²) < 4.78 is 5.94. The molecule has 22 heavy (non-hydrogen) atoms. The second kappa shape index (κ2) is 9.30. The molecular formula is C17H28N2O3. The second-order valence-corrected chi connectivity index (χ2v) is 5.47. The van der Waals surface area contributed by atoms with Gasteiger partial charge in [-0.3, -0.25) is 4.79 Å². The van der Waals surface area contributed by atoms with Crippen LogP contribution in [0.5, 0.6) is 5.75 Å². The van der Waals surface area contributed by atoms with Crippen molar-refractivity contribution in [2.45, 2.75) is 46.8 Å². The number of nitrogens with one attached hydrogen (secondary N) is 1. The molecule has 2 N–H and O–H groups in total. The maximum absolute atomic E-state index is 10.8. The number of hydrogen-bond acceptors (Lipinski definition) is 4. The molecule has 0 atom stereocenters. The Morgan fingerprint density at radius 2 is 2.09 bits per heavy atom. The molecule has 0 radical (unpaired) electrons. The van der Waals surface area contributed by atoms with E-state index < -0.39 is 5.97 Å². The van der Waals surface area contributed by atoms with E-state index in [1.807, 2.05) is 37.8 Å². The van der Waals surface area contributed by atoms with Crippen LogP contribution < -0.4 is 15.0 Å². The highest BCUT2D eigenvalue weighted by Gasteiger charge is 2.14. The summed E-state index contributed by atoms with van der Waals surface area (Å²) in [5.41, 5.74) is 2.12. The molecule has 0 saturated heterocycles. The number of carboxylic acids is 1. The van der Waals surface area contributed by atoms with E-state index in [0.29, 0.717) is 6.54 Å². The van der Waals surface area contributed by atoms with Gasteiger partial charge in [0, 0.05) is 19.6 Å². The smallest absolute Gasteiger partial charge is 0.305 e. The third-order valence-electron chi connectivity index (χ3n) is 3.28. The number of aliphatic carboxylic acids is 1. The lowest BCUT2D eigenvalue weighted by atomic mass is 10.1. The summed E-state index contributed by atoms with van der Waals surface area (Å²) in [7, 11) is 0. The van der Waals surface area contributed by atoms with Gasteiger partial charge in [0.05, 0.1) is 18.2 Å². The average molecular weight is 308 g/mol. The first-order valence-corrected chi connectivity index (χ1v) is 7.94. The normalized spacial score (nSPS) is 10.8. The molecule has 0 aliphatic heterocycles. The van der Waals surface area contributed by atoms with E-state index in [1.165, 1.54) is 0 Å². The first-order valence-electron chi connectivity index (χ1n) is 7.94. The van der Waals surface area contributed by atoms with E-state index in [1.54, 1.807) is 0 Å². The van der Waals surface area contributed by atoms with Crippen molar-refractivity contribution in [2.24, 2.45) is 0 Å². The molecule has 1 aromatic rings.